The fraction of sp³-hybridized carbons (Fsp3) is 0.364. The van der Waals surface area contributed by atoms with Gasteiger partial charge in [0.25, 0.3) is 5.91 Å². The molecule has 1 atom stereocenters. The van der Waals surface area contributed by atoms with Crippen LogP contribution in [0.3, 0.4) is 0 Å². The fourth-order valence-corrected chi connectivity index (χ4v) is 5.17. The van der Waals surface area contributed by atoms with Gasteiger partial charge in [0.2, 0.25) is 10.0 Å². The molecule has 194 valence electrons. The van der Waals surface area contributed by atoms with Crippen molar-refractivity contribution in [2.75, 3.05) is 20.1 Å². The molecular weight excluding hydrogens is 505 g/mol. The van der Waals surface area contributed by atoms with Crippen molar-refractivity contribution < 1.29 is 41.1 Å². The van der Waals surface area contributed by atoms with Gasteiger partial charge in [-0.1, -0.05) is 29.4 Å². The smallest absolute Gasteiger partial charge is 0.475 e. The molecule has 0 bridgehead atoms. The SMILES string of the molecule is CN(Cc1ccccn1)C(=O)C1=NOC2(CCN(S(=O)(=O)c3ccccc3)C2)C1.O=C(O)C(F)(F)F. The summed E-state index contributed by atoms with van der Waals surface area (Å²) >= 11 is 0. The topological polar surface area (TPSA) is 129 Å². The minimum Gasteiger partial charge on any atom is -0.475 e. The third kappa shape index (κ3) is 6.37. The van der Waals surface area contributed by atoms with Crippen LogP contribution < -0.4 is 0 Å². The van der Waals surface area contributed by atoms with Crippen molar-refractivity contribution in [3.8, 4) is 0 Å². The molecule has 36 heavy (non-hydrogen) atoms. The Hall–Kier alpha value is -3.52. The maximum atomic E-state index is 12.9. The van der Waals surface area contributed by atoms with Gasteiger partial charge in [-0.25, -0.2) is 13.2 Å². The number of sulfonamides is 1. The minimum atomic E-state index is -5.08. The van der Waals surface area contributed by atoms with Crippen molar-refractivity contribution in [3.63, 3.8) is 0 Å². The van der Waals surface area contributed by atoms with Crippen LogP contribution in [0.5, 0.6) is 0 Å². The predicted molar refractivity (Wildman–Crippen MR) is 120 cm³/mol. The van der Waals surface area contributed by atoms with Crippen molar-refractivity contribution in [1.29, 1.82) is 0 Å². The maximum absolute atomic E-state index is 12.9. The Morgan fingerprint density at radius 2 is 1.81 bits per heavy atom. The van der Waals surface area contributed by atoms with Crippen LogP contribution in [0.4, 0.5) is 13.2 Å². The largest absolute Gasteiger partial charge is 0.490 e. The van der Waals surface area contributed by atoms with Crippen LogP contribution in [0.2, 0.25) is 0 Å². The van der Waals surface area contributed by atoms with Gasteiger partial charge in [-0.2, -0.15) is 17.5 Å². The van der Waals surface area contributed by atoms with Gasteiger partial charge < -0.3 is 14.8 Å². The van der Waals surface area contributed by atoms with Gasteiger partial charge in [-0.3, -0.25) is 9.78 Å². The molecule has 1 spiro atoms. The van der Waals surface area contributed by atoms with Gasteiger partial charge in [0, 0.05) is 32.6 Å². The first kappa shape index (κ1) is 27.1. The number of hydrogen-bond donors (Lipinski definition) is 1. The lowest BCUT2D eigenvalue weighted by Gasteiger charge is -2.22. The van der Waals surface area contributed by atoms with Crippen molar-refractivity contribution in [2.45, 2.75) is 36.1 Å². The lowest BCUT2D eigenvalue weighted by Crippen LogP contribution is -2.38. The van der Waals surface area contributed by atoms with Gasteiger partial charge in [-0.05, 0) is 24.3 Å². The quantitative estimate of drug-likeness (QED) is 0.630. The third-order valence-electron chi connectivity index (χ3n) is 5.46. The van der Waals surface area contributed by atoms with Gasteiger partial charge in [0.15, 0.2) is 5.60 Å². The summed E-state index contributed by atoms with van der Waals surface area (Å²) in [6.07, 6.45) is -2.62. The summed E-state index contributed by atoms with van der Waals surface area (Å²) in [7, 11) is -1.91. The number of oxime groups is 1. The van der Waals surface area contributed by atoms with Crippen LogP contribution in [-0.2, 0) is 31.0 Å². The number of benzene rings is 1. The Labute approximate surface area is 205 Å². The lowest BCUT2D eigenvalue weighted by atomic mass is 9.96. The molecule has 1 fully saturated rings. The molecule has 3 heterocycles. The lowest BCUT2D eigenvalue weighted by molar-refractivity contribution is -0.192. The number of carboxylic acid groups (broad SMARTS) is 1. The highest BCUT2D eigenvalue weighted by molar-refractivity contribution is 7.89. The number of carbonyl (C=O) groups is 2. The zero-order chi connectivity index (χ0) is 26.6. The molecule has 1 N–H and O–H groups in total. The zero-order valence-corrected chi connectivity index (χ0v) is 19.9. The van der Waals surface area contributed by atoms with E-state index in [9.17, 15) is 26.4 Å². The molecule has 2 aliphatic rings. The van der Waals surface area contributed by atoms with Gasteiger partial charge in [0.05, 0.1) is 23.7 Å². The second-order valence-electron chi connectivity index (χ2n) is 8.18. The number of aliphatic carboxylic acids is 1. The van der Waals surface area contributed by atoms with E-state index in [-0.39, 0.29) is 17.3 Å². The standard InChI is InChI=1S/C20H22N4O4S.C2HF3O2/c1-23(14-16-7-5-6-11-21-16)19(25)18-13-20(28-22-18)10-12-24(15-20)29(26,27)17-8-3-2-4-9-17;3-2(4,5)1(6)7/h2-9,11H,10,12-15H2,1H3;(H,6,7). The predicted octanol–water partition coefficient (Wildman–Crippen LogP) is 2.28. The summed E-state index contributed by atoms with van der Waals surface area (Å²) in [5.74, 6) is -3.00. The van der Waals surface area contributed by atoms with Gasteiger partial charge in [0.1, 0.15) is 5.71 Å². The van der Waals surface area contributed by atoms with Gasteiger partial charge in [-0.15, -0.1) is 0 Å². The molecule has 1 aromatic heterocycles. The fourth-order valence-electron chi connectivity index (χ4n) is 3.64. The number of amides is 1. The molecule has 2 aromatic rings. The molecule has 4 rings (SSSR count). The molecule has 1 saturated heterocycles. The Morgan fingerprint density at radius 3 is 2.39 bits per heavy atom. The van der Waals surface area contributed by atoms with Crippen LogP contribution >= 0.6 is 0 Å². The summed E-state index contributed by atoms with van der Waals surface area (Å²) in [6.45, 7) is 0.868. The van der Waals surface area contributed by atoms with Crippen molar-refractivity contribution in [3.05, 3.63) is 60.4 Å². The minimum absolute atomic E-state index is 0.175. The summed E-state index contributed by atoms with van der Waals surface area (Å²) in [6, 6.07) is 13.9. The number of nitrogens with zero attached hydrogens (tertiary/aromatic N) is 4. The number of carboxylic acids is 1. The highest BCUT2D eigenvalue weighted by atomic mass is 32.2. The number of halogens is 3. The second-order valence-corrected chi connectivity index (χ2v) is 10.1. The monoisotopic (exact) mass is 528 g/mol. The maximum Gasteiger partial charge on any atom is 0.490 e. The van der Waals surface area contributed by atoms with Crippen LogP contribution in [0, 0.1) is 0 Å². The summed E-state index contributed by atoms with van der Waals surface area (Å²) < 4.78 is 58.8. The molecule has 1 unspecified atom stereocenters. The van der Waals surface area contributed by atoms with Crippen molar-refractivity contribution in [2.24, 2.45) is 5.16 Å². The first-order valence-corrected chi connectivity index (χ1v) is 12.0. The summed E-state index contributed by atoms with van der Waals surface area (Å²) in [4.78, 5) is 33.3. The Bertz CT molecular complexity index is 1230. The summed E-state index contributed by atoms with van der Waals surface area (Å²) in [5.41, 5.74) is 0.305. The molecule has 1 amide bonds. The van der Waals surface area contributed by atoms with E-state index >= 15 is 0 Å². The van der Waals surface area contributed by atoms with Crippen LogP contribution in [0.25, 0.3) is 0 Å². The number of hydrogen-bond acceptors (Lipinski definition) is 7. The summed E-state index contributed by atoms with van der Waals surface area (Å²) in [5, 5.41) is 11.1. The van der Waals surface area contributed by atoms with Crippen LogP contribution in [0.15, 0.2) is 64.8 Å². The van der Waals surface area contributed by atoms with E-state index < -0.39 is 27.8 Å². The van der Waals surface area contributed by atoms with Crippen LogP contribution in [-0.4, -0.2) is 77.2 Å². The number of rotatable bonds is 5. The zero-order valence-electron chi connectivity index (χ0n) is 19.1. The Balaban J connectivity index is 0.000000454. The van der Waals surface area contributed by atoms with Crippen molar-refractivity contribution in [1.82, 2.24) is 14.2 Å². The molecular formula is C22H23F3N4O6S. The average molecular weight is 529 g/mol. The number of carbonyl (C=O) groups excluding carboxylic acids is 1. The highest BCUT2D eigenvalue weighted by Gasteiger charge is 2.50. The van der Waals surface area contributed by atoms with Crippen molar-refractivity contribution >= 4 is 27.6 Å². The first-order valence-electron chi connectivity index (χ1n) is 10.6. The normalized spacial score (nSPS) is 19.7. The first-order chi connectivity index (χ1) is 16.8. The average Bonchev–Trinajstić information content (AvgIpc) is 3.47. The molecule has 0 aliphatic carbocycles. The molecule has 1 aromatic carbocycles. The van der Waals surface area contributed by atoms with E-state index in [1.54, 1.807) is 43.6 Å². The van der Waals surface area contributed by atoms with E-state index in [1.165, 1.54) is 9.21 Å². The highest BCUT2D eigenvalue weighted by Crippen LogP contribution is 2.36. The second kappa shape index (κ2) is 10.6. The molecule has 0 saturated carbocycles. The molecule has 14 heteroatoms. The molecule has 10 nitrogen and oxygen atoms in total. The van der Waals surface area contributed by atoms with Gasteiger partial charge >= 0.3 is 12.1 Å². The third-order valence-corrected chi connectivity index (χ3v) is 7.32. The Morgan fingerprint density at radius 1 is 1.17 bits per heavy atom. The molecule has 2 aliphatic heterocycles. The molecule has 0 radical (unpaired) electrons. The van der Waals surface area contributed by atoms with E-state index in [0.717, 1.165) is 5.69 Å². The number of aromatic nitrogens is 1. The van der Waals surface area contributed by atoms with E-state index in [1.807, 2.05) is 18.2 Å². The number of alkyl halides is 3. The number of pyridine rings is 1. The van der Waals surface area contributed by atoms with E-state index in [0.29, 0.717) is 31.6 Å². The Kier molecular flexibility index (Phi) is 7.99. The van der Waals surface area contributed by atoms with E-state index in [4.69, 9.17) is 14.7 Å². The van der Waals surface area contributed by atoms with Crippen LogP contribution in [0.1, 0.15) is 18.5 Å². The van der Waals surface area contributed by atoms with E-state index in [2.05, 4.69) is 10.1 Å².